The topological polar surface area (TPSA) is 129 Å². The number of ether oxygens (including phenoxy) is 3. The van der Waals surface area contributed by atoms with E-state index in [-0.39, 0.29) is 17.8 Å². The molecular weight excluding hydrogens is 434 g/mol. The summed E-state index contributed by atoms with van der Waals surface area (Å²) < 4.78 is 15.7. The molecule has 0 saturated carbocycles. The van der Waals surface area contributed by atoms with Crippen LogP contribution in [0, 0.1) is 10.1 Å². The van der Waals surface area contributed by atoms with Gasteiger partial charge in [0.1, 0.15) is 11.2 Å². The van der Waals surface area contributed by atoms with Crippen molar-refractivity contribution in [2.45, 2.75) is 65.2 Å². The van der Waals surface area contributed by atoms with Gasteiger partial charge in [-0.3, -0.25) is 10.1 Å². The molecule has 180 valence electrons. The summed E-state index contributed by atoms with van der Waals surface area (Å²) in [5.41, 5.74) is -1.13. The van der Waals surface area contributed by atoms with Crippen LogP contribution in [0.4, 0.5) is 15.3 Å². The molecular formula is C22H29N3O8. The molecule has 0 bridgehead atoms. The van der Waals surface area contributed by atoms with Gasteiger partial charge in [-0.05, 0) is 65.3 Å². The lowest BCUT2D eigenvalue weighted by atomic mass is 10.1. The molecule has 1 heterocycles. The Kier molecular flexibility index (Phi) is 7.36. The minimum absolute atomic E-state index is 0.0673. The molecule has 1 saturated heterocycles. The van der Waals surface area contributed by atoms with Gasteiger partial charge in [-0.2, -0.15) is 10.0 Å². The first kappa shape index (κ1) is 25.6. The van der Waals surface area contributed by atoms with E-state index in [0.29, 0.717) is 5.56 Å². The van der Waals surface area contributed by atoms with Crippen molar-refractivity contribution in [2.75, 3.05) is 7.11 Å². The molecule has 0 unspecified atom stereocenters. The van der Waals surface area contributed by atoms with Crippen LogP contribution >= 0.6 is 0 Å². The number of nitro groups is 1. The molecule has 0 radical (unpaired) electrons. The standard InChI is InChI=1S/C22H29N3O8/c1-21(2,3)32-19(27)23-16(12-14-8-10-15(11-9-14)25(29)30)13-17(18(26)31-7)24(23)20(28)33-22(4,5)6/h8-12,17H,13H2,1-7H3/b16-12-/t17-/m1/s1. The van der Waals surface area contributed by atoms with Gasteiger partial charge in [0.2, 0.25) is 0 Å². The Morgan fingerprint density at radius 1 is 1.00 bits per heavy atom. The lowest BCUT2D eigenvalue weighted by Crippen LogP contribution is -2.53. The number of hydrogen-bond acceptors (Lipinski definition) is 8. The summed E-state index contributed by atoms with van der Waals surface area (Å²) in [6.07, 6.45) is -0.361. The Morgan fingerprint density at radius 3 is 1.97 bits per heavy atom. The number of non-ortho nitro benzene ring substituents is 1. The molecule has 1 aliphatic rings. The van der Waals surface area contributed by atoms with Crippen molar-refractivity contribution < 1.29 is 33.5 Å². The summed E-state index contributed by atoms with van der Waals surface area (Å²) in [5.74, 6) is -0.749. The third kappa shape index (κ3) is 6.67. The molecule has 2 rings (SSSR count). The first-order valence-corrected chi connectivity index (χ1v) is 10.2. The molecule has 1 aromatic carbocycles. The van der Waals surface area contributed by atoms with Gasteiger partial charge < -0.3 is 14.2 Å². The number of carbonyl (C=O) groups excluding carboxylic acids is 3. The Balaban J connectivity index is 2.57. The Bertz CT molecular complexity index is 957. The maximum Gasteiger partial charge on any atom is 0.434 e. The second-order valence-corrected chi connectivity index (χ2v) is 9.34. The highest BCUT2D eigenvalue weighted by Gasteiger charge is 2.49. The van der Waals surface area contributed by atoms with Crippen molar-refractivity contribution >= 4 is 29.9 Å². The van der Waals surface area contributed by atoms with Crippen LogP contribution in [-0.2, 0) is 19.0 Å². The third-order valence-electron chi connectivity index (χ3n) is 4.24. The van der Waals surface area contributed by atoms with Gasteiger partial charge >= 0.3 is 18.2 Å². The zero-order valence-electron chi connectivity index (χ0n) is 19.8. The zero-order chi connectivity index (χ0) is 25.1. The van der Waals surface area contributed by atoms with E-state index in [9.17, 15) is 24.5 Å². The van der Waals surface area contributed by atoms with Crippen molar-refractivity contribution in [1.29, 1.82) is 0 Å². The number of esters is 1. The van der Waals surface area contributed by atoms with E-state index in [1.807, 2.05) is 0 Å². The minimum atomic E-state index is -1.18. The number of hydrazine groups is 1. The van der Waals surface area contributed by atoms with E-state index >= 15 is 0 Å². The number of carbonyl (C=O) groups is 3. The summed E-state index contributed by atoms with van der Waals surface area (Å²) in [5, 5.41) is 12.7. The fourth-order valence-electron chi connectivity index (χ4n) is 3.00. The number of rotatable bonds is 3. The molecule has 1 aromatic rings. The molecule has 0 aromatic heterocycles. The van der Waals surface area contributed by atoms with Crippen LogP contribution in [0.2, 0.25) is 0 Å². The molecule has 1 atom stereocenters. The van der Waals surface area contributed by atoms with Crippen molar-refractivity contribution in [3.63, 3.8) is 0 Å². The number of benzene rings is 1. The molecule has 1 fully saturated rings. The van der Waals surface area contributed by atoms with E-state index in [0.717, 1.165) is 10.0 Å². The summed E-state index contributed by atoms with van der Waals surface area (Å²) >= 11 is 0. The van der Waals surface area contributed by atoms with Gasteiger partial charge in [-0.25, -0.2) is 14.4 Å². The molecule has 0 N–H and O–H groups in total. The molecule has 2 amide bonds. The molecule has 0 aliphatic carbocycles. The fourth-order valence-corrected chi connectivity index (χ4v) is 3.00. The maximum absolute atomic E-state index is 13.1. The number of methoxy groups -OCH3 is 1. The Labute approximate surface area is 192 Å². The maximum atomic E-state index is 13.1. The van der Waals surface area contributed by atoms with Crippen molar-refractivity contribution in [3.05, 3.63) is 45.6 Å². The van der Waals surface area contributed by atoms with Crippen molar-refractivity contribution in [3.8, 4) is 0 Å². The first-order chi connectivity index (χ1) is 15.1. The lowest BCUT2D eigenvalue weighted by Gasteiger charge is -2.33. The molecule has 11 heteroatoms. The summed E-state index contributed by atoms with van der Waals surface area (Å²) in [4.78, 5) is 49.1. The SMILES string of the molecule is COC(=O)[C@H]1C/C(=C/c2ccc([N+](=O)[O-])cc2)N(C(=O)OC(C)(C)C)N1C(=O)OC(C)(C)C. The van der Waals surface area contributed by atoms with Gasteiger partial charge in [0.25, 0.3) is 5.69 Å². The van der Waals surface area contributed by atoms with E-state index in [2.05, 4.69) is 0 Å². The van der Waals surface area contributed by atoms with Gasteiger partial charge in [-0.1, -0.05) is 0 Å². The Hall–Kier alpha value is -3.63. The molecule has 1 aliphatic heterocycles. The van der Waals surface area contributed by atoms with Gasteiger partial charge in [0.15, 0.2) is 6.04 Å². The monoisotopic (exact) mass is 463 g/mol. The van der Waals surface area contributed by atoms with Gasteiger partial charge in [0.05, 0.1) is 17.7 Å². The third-order valence-corrected chi connectivity index (χ3v) is 4.24. The predicted octanol–water partition coefficient (Wildman–Crippen LogP) is 4.27. The largest absolute Gasteiger partial charge is 0.467 e. The average Bonchev–Trinajstić information content (AvgIpc) is 3.04. The van der Waals surface area contributed by atoms with Crippen LogP contribution < -0.4 is 0 Å². The Morgan fingerprint density at radius 2 is 1.52 bits per heavy atom. The number of nitro benzene ring substituents is 1. The van der Waals surface area contributed by atoms with Crippen LogP contribution in [0.1, 0.15) is 53.5 Å². The molecule has 11 nitrogen and oxygen atoms in total. The van der Waals surface area contributed by atoms with Gasteiger partial charge in [0, 0.05) is 18.6 Å². The fraction of sp³-hybridized carbons (Fsp3) is 0.500. The van der Waals surface area contributed by atoms with E-state index < -0.39 is 40.3 Å². The molecule has 0 spiro atoms. The van der Waals surface area contributed by atoms with Crippen LogP contribution in [0.25, 0.3) is 6.08 Å². The highest BCUT2D eigenvalue weighted by Crippen LogP contribution is 2.34. The second-order valence-electron chi connectivity index (χ2n) is 9.34. The molecule has 33 heavy (non-hydrogen) atoms. The second kappa shape index (κ2) is 9.47. The summed E-state index contributed by atoms with van der Waals surface area (Å²) in [7, 11) is 1.17. The smallest absolute Gasteiger partial charge is 0.434 e. The number of nitrogens with zero attached hydrogens (tertiary/aromatic N) is 3. The van der Waals surface area contributed by atoms with E-state index in [4.69, 9.17) is 14.2 Å². The van der Waals surface area contributed by atoms with Gasteiger partial charge in [-0.15, -0.1) is 0 Å². The average molecular weight is 463 g/mol. The quantitative estimate of drug-likeness (QED) is 0.281. The van der Waals surface area contributed by atoms with Crippen LogP contribution in [0.15, 0.2) is 30.0 Å². The van der Waals surface area contributed by atoms with Crippen LogP contribution in [0.3, 0.4) is 0 Å². The van der Waals surface area contributed by atoms with Crippen molar-refractivity contribution in [1.82, 2.24) is 10.0 Å². The minimum Gasteiger partial charge on any atom is -0.467 e. The number of amides is 2. The van der Waals surface area contributed by atoms with E-state index in [1.165, 1.54) is 37.5 Å². The predicted molar refractivity (Wildman–Crippen MR) is 118 cm³/mol. The van der Waals surface area contributed by atoms with Crippen LogP contribution in [-0.4, -0.2) is 57.5 Å². The lowest BCUT2D eigenvalue weighted by molar-refractivity contribution is -0.384. The van der Waals surface area contributed by atoms with E-state index in [1.54, 1.807) is 41.5 Å². The van der Waals surface area contributed by atoms with Crippen molar-refractivity contribution in [2.24, 2.45) is 0 Å². The van der Waals surface area contributed by atoms with Crippen LogP contribution in [0.5, 0.6) is 0 Å². The summed E-state index contributed by atoms with van der Waals surface area (Å²) in [6.45, 7) is 9.95. The highest BCUT2D eigenvalue weighted by atomic mass is 16.6. The highest BCUT2D eigenvalue weighted by molar-refractivity contribution is 5.87. The first-order valence-electron chi connectivity index (χ1n) is 10.2. The normalized spacial score (nSPS) is 17.7. The number of hydrogen-bond donors (Lipinski definition) is 0. The summed E-state index contributed by atoms with van der Waals surface area (Å²) in [6, 6.07) is 4.41. The zero-order valence-corrected chi connectivity index (χ0v) is 19.8.